The number of nitrogens with one attached hydrogen (secondary N) is 1. The summed E-state index contributed by atoms with van der Waals surface area (Å²) < 4.78 is 0. The molecule has 0 spiro atoms. The zero-order valence-corrected chi connectivity index (χ0v) is 14.1. The molecule has 0 bridgehead atoms. The number of benzene rings is 2. The van der Waals surface area contributed by atoms with Gasteiger partial charge in [0.25, 0.3) is 5.91 Å². The Morgan fingerprint density at radius 3 is 2.40 bits per heavy atom. The molecule has 0 aliphatic carbocycles. The van der Waals surface area contributed by atoms with Gasteiger partial charge < -0.3 is 10.2 Å². The lowest BCUT2D eigenvalue weighted by Crippen LogP contribution is -2.23. The first-order valence-electron chi connectivity index (χ1n) is 8.55. The number of carbonyl (C=O) groups excluding carboxylic acids is 1. The van der Waals surface area contributed by atoms with Crippen LogP contribution in [-0.2, 0) is 11.3 Å². The van der Waals surface area contributed by atoms with E-state index >= 15 is 0 Å². The lowest BCUT2D eigenvalue weighted by molar-refractivity contribution is -0.117. The number of nitrogens with zero attached hydrogens (tertiary/aromatic N) is 2. The molecule has 4 heteroatoms. The Hall–Kier alpha value is -3.06. The van der Waals surface area contributed by atoms with Crippen LogP contribution in [0, 0.1) is 11.3 Å². The minimum absolute atomic E-state index is 0.116. The van der Waals surface area contributed by atoms with Gasteiger partial charge in [0.2, 0.25) is 0 Å². The topological polar surface area (TPSA) is 56.1 Å². The molecule has 0 unspecified atom stereocenters. The monoisotopic (exact) mass is 331 g/mol. The fourth-order valence-corrected chi connectivity index (χ4v) is 2.95. The average molecular weight is 331 g/mol. The third-order valence-electron chi connectivity index (χ3n) is 4.34. The molecule has 1 amide bonds. The predicted octanol–water partition coefficient (Wildman–Crippen LogP) is 3.51. The van der Waals surface area contributed by atoms with E-state index in [2.05, 4.69) is 10.2 Å². The highest BCUT2D eigenvalue weighted by Gasteiger charge is 2.12. The van der Waals surface area contributed by atoms with Crippen molar-refractivity contribution in [2.45, 2.75) is 19.4 Å². The second-order valence-electron chi connectivity index (χ2n) is 6.12. The minimum Gasteiger partial charge on any atom is -0.372 e. The second-order valence-corrected chi connectivity index (χ2v) is 6.12. The van der Waals surface area contributed by atoms with E-state index in [1.807, 2.05) is 60.7 Å². The molecule has 0 aromatic heterocycles. The van der Waals surface area contributed by atoms with E-state index < -0.39 is 0 Å². The Bertz CT molecular complexity index is 782. The summed E-state index contributed by atoms with van der Waals surface area (Å²) in [5.74, 6) is -0.352. The van der Waals surface area contributed by atoms with Gasteiger partial charge in [0, 0.05) is 25.3 Å². The van der Waals surface area contributed by atoms with Crippen molar-refractivity contribution in [2.75, 3.05) is 18.0 Å². The van der Waals surface area contributed by atoms with Crippen LogP contribution >= 0.6 is 0 Å². The zero-order chi connectivity index (χ0) is 17.5. The van der Waals surface area contributed by atoms with Crippen molar-refractivity contribution in [3.8, 4) is 6.07 Å². The Morgan fingerprint density at radius 1 is 1.08 bits per heavy atom. The smallest absolute Gasteiger partial charge is 0.262 e. The molecular weight excluding hydrogens is 310 g/mol. The first-order valence-corrected chi connectivity index (χ1v) is 8.55. The summed E-state index contributed by atoms with van der Waals surface area (Å²) in [5.41, 5.74) is 3.17. The van der Waals surface area contributed by atoms with Crippen molar-refractivity contribution >= 4 is 17.7 Å². The lowest BCUT2D eigenvalue weighted by atomic mass is 10.1. The largest absolute Gasteiger partial charge is 0.372 e. The first-order chi connectivity index (χ1) is 12.3. The molecular formula is C21H21N3O. The van der Waals surface area contributed by atoms with Gasteiger partial charge in [-0.05, 0) is 42.2 Å². The molecule has 0 saturated carbocycles. The summed E-state index contributed by atoms with van der Waals surface area (Å²) in [5, 5.41) is 12.1. The van der Waals surface area contributed by atoms with Gasteiger partial charge in [0.15, 0.2) is 0 Å². The molecule has 4 nitrogen and oxygen atoms in total. The first kappa shape index (κ1) is 16.8. The van der Waals surface area contributed by atoms with Crippen LogP contribution in [0.5, 0.6) is 0 Å². The maximum absolute atomic E-state index is 12.2. The van der Waals surface area contributed by atoms with Crippen LogP contribution in [0.15, 0.2) is 60.2 Å². The van der Waals surface area contributed by atoms with Crippen molar-refractivity contribution < 1.29 is 4.79 Å². The molecule has 1 fully saturated rings. The average Bonchev–Trinajstić information content (AvgIpc) is 3.20. The van der Waals surface area contributed by atoms with E-state index in [-0.39, 0.29) is 11.5 Å². The van der Waals surface area contributed by atoms with Crippen molar-refractivity contribution in [3.63, 3.8) is 0 Å². The predicted molar refractivity (Wildman–Crippen MR) is 99.8 cm³/mol. The number of anilines is 1. The molecule has 1 N–H and O–H groups in total. The van der Waals surface area contributed by atoms with Gasteiger partial charge in [0.1, 0.15) is 11.6 Å². The van der Waals surface area contributed by atoms with Gasteiger partial charge >= 0.3 is 0 Å². The molecule has 126 valence electrons. The van der Waals surface area contributed by atoms with Crippen molar-refractivity contribution in [3.05, 3.63) is 71.3 Å². The van der Waals surface area contributed by atoms with E-state index in [1.54, 1.807) is 6.08 Å². The number of hydrogen-bond donors (Lipinski definition) is 1. The quantitative estimate of drug-likeness (QED) is 0.674. The summed E-state index contributed by atoms with van der Waals surface area (Å²) in [6, 6.07) is 19.6. The molecule has 1 aliphatic rings. The van der Waals surface area contributed by atoms with Crippen molar-refractivity contribution in [1.82, 2.24) is 5.32 Å². The minimum atomic E-state index is -0.352. The zero-order valence-electron chi connectivity index (χ0n) is 14.1. The standard InChI is InChI=1S/C21H21N3O/c22-15-19(21(25)23-16-18-6-2-1-3-7-18)14-17-8-10-20(11-9-17)24-12-4-5-13-24/h1-3,6-11,14H,4-5,12-13,16H2,(H,23,25)/b19-14-. The van der Waals surface area contributed by atoms with Gasteiger partial charge in [-0.3, -0.25) is 4.79 Å². The molecule has 2 aromatic rings. The summed E-state index contributed by atoms with van der Waals surface area (Å²) in [4.78, 5) is 14.6. The second kappa shape index (κ2) is 8.16. The fraction of sp³-hybridized carbons (Fsp3) is 0.238. The van der Waals surface area contributed by atoms with Crippen molar-refractivity contribution in [2.24, 2.45) is 0 Å². The van der Waals surface area contributed by atoms with Gasteiger partial charge in [-0.1, -0.05) is 42.5 Å². The number of hydrogen-bond acceptors (Lipinski definition) is 3. The molecule has 0 radical (unpaired) electrons. The molecule has 1 heterocycles. The van der Waals surface area contributed by atoms with Crippen LogP contribution in [0.2, 0.25) is 0 Å². The van der Waals surface area contributed by atoms with Crippen LogP contribution in [0.4, 0.5) is 5.69 Å². The van der Waals surface area contributed by atoms with Crippen LogP contribution in [0.1, 0.15) is 24.0 Å². The molecule has 25 heavy (non-hydrogen) atoms. The van der Waals surface area contributed by atoms with E-state index in [9.17, 15) is 10.1 Å². The number of rotatable bonds is 5. The summed E-state index contributed by atoms with van der Waals surface area (Å²) in [6.45, 7) is 2.60. The Balaban J connectivity index is 1.65. The van der Waals surface area contributed by atoms with Crippen molar-refractivity contribution in [1.29, 1.82) is 5.26 Å². The maximum Gasteiger partial charge on any atom is 0.262 e. The number of amides is 1. The Labute approximate surface area is 148 Å². The number of carbonyl (C=O) groups is 1. The van der Waals surface area contributed by atoms with Crippen LogP contribution < -0.4 is 10.2 Å². The van der Waals surface area contributed by atoms with Gasteiger partial charge in [-0.25, -0.2) is 0 Å². The lowest BCUT2D eigenvalue weighted by Gasteiger charge is -2.17. The third-order valence-corrected chi connectivity index (χ3v) is 4.34. The molecule has 0 atom stereocenters. The highest BCUT2D eigenvalue weighted by Crippen LogP contribution is 2.21. The van der Waals surface area contributed by atoms with E-state index in [1.165, 1.54) is 18.5 Å². The fourth-order valence-electron chi connectivity index (χ4n) is 2.95. The SMILES string of the molecule is N#C/C(=C/c1ccc(N2CCCC2)cc1)C(=O)NCc1ccccc1. The van der Waals surface area contributed by atoms with Crippen LogP contribution in [0.3, 0.4) is 0 Å². The summed E-state index contributed by atoms with van der Waals surface area (Å²) in [7, 11) is 0. The summed E-state index contributed by atoms with van der Waals surface area (Å²) in [6.07, 6.45) is 4.11. The highest BCUT2D eigenvalue weighted by molar-refractivity contribution is 6.01. The normalized spacial score (nSPS) is 14.2. The molecule has 1 saturated heterocycles. The van der Waals surface area contributed by atoms with Gasteiger partial charge in [-0.2, -0.15) is 5.26 Å². The molecule has 3 rings (SSSR count). The Kier molecular flexibility index (Phi) is 5.48. The van der Waals surface area contributed by atoms with Gasteiger partial charge in [0.05, 0.1) is 0 Å². The number of nitriles is 1. The summed E-state index contributed by atoms with van der Waals surface area (Å²) >= 11 is 0. The van der Waals surface area contributed by atoms with Crippen LogP contribution in [0.25, 0.3) is 6.08 Å². The Morgan fingerprint density at radius 2 is 1.76 bits per heavy atom. The third kappa shape index (κ3) is 4.48. The van der Waals surface area contributed by atoms with Crippen LogP contribution in [-0.4, -0.2) is 19.0 Å². The maximum atomic E-state index is 12.2. The molecule has 2 aromatic carbocycles. The highest BCUT2D eigenvalue weighted by atomic mass is 16.1. The van der Waals surface area contributed by atoms with E-state index in [0.717, 1.165) is 24.2 Å². The van der Waals surface area contributed by atoms with Gasteiger partial charge in [-0.15, -0.1) is 0 Å². The molecule has 1 aliphatic heterocycles. The van der Waals surface area contributed by atoms with E-state index in [4.69, 9.17) is 0 Å². The van der Waals surface area contributed by atoms with E-state index in [0.29, 0.717) is 6.54 Å².